The van der Waals surface area contributed by atoms with Crippen LogP contribution in [0, 0.1) is 0 Å². The summed E-state index contributed by atoms with van der Waals surface area (Å²) in [6.45, 7) is 2.28. The number of carbonyl (C=O) groups excluding carboxylic acids is 1. The zero-order chi connectivity index (χ0) is 13.6. The number of β-amino-alcohol motifs (C(OH)–C–C–N with tert-alkyl or cyclic N) is 1. The molecule has 0 atom stereocenters. The third-order valence-corrected chi connectivity index (χ3v) is 3.99. The van der Waals surface area contributed by atoms with Gasteiger partial charge >= 0.3 is 0 Å². The van der Waals surface area contributed by atoms with Crippen LogP contribution in [-0.2, 0) is 11.3 Å². The van der Waals surface area contributed by atoms with Crippen LogP contribution in [0.1, 0.15) is 6.92 Å². The number of likely N-dealkylation sites (tertiary alicyclic amines) is 1. The Hall–Kier alpha value is -1.73. The molecule has 3 heterocycles. The Kier molecular flexibility index (Phi) is 2.68. The topological polar surface area (TPSA) is 75.4 Å². The Balaban J connectivity index is 1.80. The number of carbonyl (C=O) groups is 1. The Morgan fingerprint density at radius 3 is 3.00 bits per heavy atom. The molecule has 1 saturated heterocycles. The second kappa shape index (κ2) is 4.14. The van der Waals surface area contributed by atoms with E-state index in [0.717, 1.165) is 0 Å². The van der Waals surface area contributed by atoms with Crippen molar-refractivity contribution >= 4 is 27.5 Å². The summed E-state index contributed by atoms with van der Waals surface area (Å²) < 4.78 is 1.31. The van der Waals surface area contributed by atoms with Gasteiger partial charge < -0.3 is 10.0 Å². The zero-order valence-electron chi connectivity index (χ0n) is 10.4. The molecular formula is C12H13N3O3S. The normalized spacial score (nSPS) is 17.5. The second-order valence-electron chi connectivity index (χ2n) is 5.06. The number of aromatic nitrogens is 2. The summed E-state index contributed by atoms with van der Waals surface area (Å²) >= 11 is 1.40. The van der Waals surface area contributed by atoms with Crippen molar-refractivity contribution in [3.8, 4) is 0 Å². The SMILES string of the molecule is CC1(O)CN(C(=O)Cn2cnc3sccc3c2=O)C1. The minimum Gasteiger partial charge on any atom is -0.386 e. The van der Waals surface area contributed by atoms with E-state index in [0.29, 0.717) is 23.3 Å². The third-order valence-electron chi connectivity index (χ3n) is 3.17. The first-order valence-electron chi connectivity index (χ1n) is 5.89. The van der Waals surface area contributed by atoms with E-state index in [1.165, 1.54) is 27.1 Å². The Morgan fingerprint density at radius 2 is 2.32 bits per heavy atom. The van der Waals surface area contributed by atoms with Gasteiger partial charge in [-0.15, -0.1) is 11.3 Å². The summed E-state index contributed by atoms with van der Waals surface area (Å²) in [5.41, 5.74) is -0.997. The standard InChI is InChI=1S/C12H13N3O3S/c1-12(18)5-15(6-12)9(16)4-14-7-13-10-8(11(14)17)2-3-19-10/h2-3,7,18H,4-6H2,1H3. The van der Waals surface area contributed by atoms with E-state index in [-0.39, 0.29) is 18.0 Å². The number of nitrogens with zero attached hydrogens (tertiary/aromatic N) is 3. The fourth-order valence-electron chi connectivity index (χ4n) is 2.20. The van der Waals surface area contributed by atoms with Crippen molar-refractivity contribution < 1.29 is 9.90 Å². The number of fused-ring (bicyclic) bond motifs is 1. The predicted molar refractivity (Wildman–Crippen MR) is 71.1 cm³/mol. The van der Waals surface area contributed by atoms with Crippen LogP contribution in [-0.4, -0.2) is 44.2 Å². The van der Waals surface area contributed by atoms with Crippen LogP contribution in [0.15, 0.2) is 22.6 Å². The van der Waals surface area contributed by atoms with E-state index in [1.807, 2.05) is 0 Å². The highest BCUT2D eigenvalue weighted by molar-refractivity contribution is 7.16. The molecule has 2 aromatic rings. The van der Waals surface area contributed by atoms with Gasteiger partial charge in [-0.3, -0.25) is 14.2 Å². The molecule has 0 unspecified atom stereocenters. The van der Waals surface area contributed by atoms with Gasteiger partial charge in [0, 0.05) is 0 Å². The first-order valence-corrected chi connectivity index (χ1v) is 6.77. The van der Waals surface area contributed by atoms with Gasteiger partial charge in [0.05, 0.1) is 30.4 Å². The lowest BCUT2D eigenvalue weighted by Gasteiger charge is -2.44. The van der Waals surface area contributed by atoms with E-state index < -0.39 is 5.60 Å². The van der Waals surface area contributed by atoms with Crippen molar-refractivity contribution in [2.75, 3.05) is 13.1 Å². The Labute approximate surface area is 112 Å². The van der Waals surface area contributed by atoms with Crippen LogP contribution in [0.3, 0.4) is 0 Å². The van der Waals surface area contributed by atoms with Crippen molar-refractivity contribution in [2.45, 2.75) is 19.1 Å². The number of rotatable bonds is 2. The molecule has 1 aliphatic heterocycles. The average molecular weight is 279 g/mol. The van der Waals surface area contributed by atoms with Gasteiger partial charge in [-0.1, -0.05) is 0 Å². The summed E-state index contributed by atoms with van der Waals surface area (Å²) in [5.74, 6) is -0.176. The van der Waals surface area contributed by atoms with Gasteiger partial charge in [0.15, 0.2) is 0 Å². The molecule has 0 aliphatic carbocycles. The Bertz CT molecular complexity index is 696. The lowest BCUT2D eigenvalue weighted by Crippen LogP contribution is -2.62. The van der Waals surface area contributed by atoms with Crippen LogP contribution in [0.4, 0.5) is 0 Å². The summed E-state index contributed by atoms with van der Waals surface area (Å²) in [4.78, 5) is 30.4. The van der Waals surface area contributed by atoms with E-state index in [4.69, 9.17) is 0 Å². The number of thiophene rings is 1. The monoisotopic (exact) mass is 279 g/mol. The molecule has 3 rings (SSSR count). The lowest BCUT2D eigenvalue weighted by molar-refractivity contribution is -0.152. The number of hydrogen-bond donors (Lipinski definition) is 1. The largest absolute Gasteiger partial charge is 0.386 e. The highest BCUT2D eigenvalue weighted by Gasteiger charge is 2.39. The maximum Gasteiger partial charge on any atom is 0.262 e. The molecule has 19 heavy (non-hydrogen) atoms. The molecule has 1 amide bonds. The molecular weight excluding hydrogens is 266 g/mol. The number of amides is 1. The van der Waals surface area contributed by atoms with Crippen LogP contribution in [0.25, 0.3) is 10.2 Å². The van der Waals surface area contributed by atoms with Crippen molar-refractivity contribution in [2.24, 2.45) is 0 Å². The highest BCUT2D eigenvalue weighted by Crippen LogP contribution is 2.20. The first-order chi connectivity index (χ1) is 8.96. The van der Waals surface area contributed by atoms with Gasteiger partial charge in [-0.05, 0) is 18.4 Å². The van der Waals surface area contributed by atoms with Gasteiger partial charge in [0.25, 0.3) is 5.56 Å². The van der Waals surface area contributed by atoms with Crippen molar-refractivity contribution in [3.05, 3.63) is 28.1 Å². The lowest BCUT2D eigenvalue weighted by atomic mass is 9.97. The van der Waals surface area contributed by atoms with Crippen molar-refractivity contribution in [3.63, 3.8) is 0 Å². The van der Waals surface area contributed by atoms with Gasteiger partial charge in [0.1, 0.15) is 11.4 Å². The molecule has 1 N–H and O–H groups in total. The van der Waals surface area contributed by atoms with Gasteiger partial charge in [-0.25, -0.2) is 4.98 Å². The summed E-state index contributed by atoms with van der Waals surface area (Å²) in [5, 5.41) is 11.9. The molecule has 0 saturated carbocycles. The minimum absolute atomic E-state index is 0.0340. The van der Waals surface area contributed by atoms with Crippen molar-refractivity contribution in [1.29, 1.82) is 0 Å². The summed E-state index contributed by atoms with van der Waals surface area (Å²) in [6, 6.07) is 1.71. The zero-order valence-corrected chi connectivity index (χ0v) is 11.2. The molecule has 0 aromatic carbocycles. The number of aliphatic hydroxyl groups is 1. The fraction of sp³-hybridized carbons (Fsp3) is 0.417. The minimum atomic E-state index is -0.795. The molecule has 0 bridgehead atoms. The Morgan fingerprint density at radius 1 is 1.58 bits per heavy atom. The molecule has 1 aliphatic rings. The summed E-state index contributed by atoms with van der Waals surface area (Å²) in [6.07, 6.45) is 1.40. The van der Waals surface area contributed by atoms with Crippen molar-refractivity contribution in [1.82, 2.24) is 14.5 Å². The van der Waals surface area contributed by atoms with E-state index >= 15 is 0 Å². The second-order valence-corrected chi connectivity index (χ2v) is 5.96. The molecule has 0 radical (unpaired) electrons. The van der Waals surface area contributed by atoms with Crippen LogP contribution in [0.5, 0.6) is 0 Å². The third kappa shape index (κ3) is 2.15. The quantitative estimate of drug-likeness (QED) is 0.843. The maximum atomic E-state index is 12.1. The molecule has 1 fully saturated rings. The molecule has 0 spiro atoms. The first kappa shape index (κ1) is 12.3. The van der Waals surface area contributed by atoms with E-state index in [2.05, 4.69) is 4.98 Å². The molecule has 7 heteroatoms. The number of hydrogen-bond acceptors (Lipinski definition) is 5. The molecule has 100 valence electrons. The van der Waals surface area contributed by atoms with Crippen LogP contribution in [0.2, 0.25) is 0 Å². The fourth-order valence-corrected chi connectivity index (χ4v) is 2.93. The highest BCUT2D eigenvalue weighted by atomic mass is 32.1. The predicted octanol–water partition coefficient (Wildman–Crippen LogP) is 0.0512. The van der Waals surface area contributed by atoms with Crippen LogP contribution < -0.4 is 5.56 Å². The smallest absolute Gasteiger partial charge is 0.262 e. The van der Waals surface area contributed by atoms with Crippen LogP contribution >= 0.6 is 11.3 Å². The maximum absolute atomic E-state index is 12.1. The molecule has 6 nitrogen and oxygen atoms in total. The average Bonchev–Trinajstić information content (AvgIpc) is 2.78. The summed E-state index contributed by atoms with van der Waals surface area (Å²) in [7, 11) is 0. The van der Waals surface area contributed by atoms with E-state index in [1.54, 1.807) is 18.4 Å². The van der Waals surface area contributed by atoms with Gasteiger partial charge in [-0.2, -0.15) is 0 Å². The van der Waals surface area contributed by atoms with E-state index in [9.17, 15) is 14.7 Å². The molecule has 2 aromatic heterocycles. The van der Waals surface area contributed by atoms with Gasteiger partial charge in [0.2, 0.25) is 5.91 Å².